The Morgan fingerprint density at radius 1 is 1.29 bits per heavy atom. The van der Waals surface area contributed by atoms with Gasteiger partial charge < -0.3 is 10.6 Å². The third-order valence-electron chi connectivity index (χ3n) is 3.51. The van der Waals surface area contributed by atoms with Crippen molar-refractivity contribution < 1.29 is 4.79 Å². The molecule has 1 aliphatic heterocycles. The van der Waals surface area contributed by atoms with Crippen molar-refractivity contribution >= 4 is 5.91 Å². The van der Waals surface area contributed by atoms with Crippen LogP contribution in [0.4, 0.5) is 0 Å². The molecule has 0 aromatic heterocycles. The molecule has 1 heterocycles. The molecule has 2 N–H and O–H groups in total. The van der Waals surface area contributed by atoms with Gasteiger partial charge in [0.15, 0.2) is 0 Å². The van der Waals surface area contributed by atoms with E-state index in [1.807, 2.05) is 4.90 Å². The quantitative estimate of drug-likeness (QED) is 0.796. The van der Waals surface area contributed by atoms with Crippen LogP contribution in [0.2, 0.25) is 0 Å². The van der Waals surface area contributed by atoms with Crippen LogP contribution in [0.5, 0.6) is 0 Å². The number of hydrogen-bond acceptors (Lipinski definition) is 3. The average molecular weight is 241 g/mol. The number of carbonyl (C=O) groups excluding carboxylic acids is 1. The molecule has 4 nitrogen and oxygen atoms in total. The maximum absolute atomic E-state index is 12.2. The SMILES string of the molecule is CC1CN(CC(=O)N(C(C)C)C(C)C)CC1N. The fraction of sp³-hybridized carbons (Fsp3) is 0.923. The third-order valence-corrected chi connectivity index (χ3v) is 3.51. The number of amides is 1. The largest absolute Gasteiger partial charge is 0.337 e. The van der Waals surface area contributed by atoms with Crippen molar-refractivity contribution in [3.8, 4) is 0 Å². The van der Waals surface area contributed by atoms with Gasteiger partial charge in [0.05, 0.1) is 6.54 Å². The second-order valence-corrected chi connectivity index (χ2v) is 5.82. The van der Waals surface area contributed by atoms with Crippen molar-refractivity contribution in [2.75, 3.05) is 19.6 Å². The molecule has 0 aromatic carbocycles. The zero-order chi connectivity index (χ0) is 13.2. The van der Waals surface area contributed by atoms with Gasteiger partial charge in [-0.05, 0) is 33.6 Å². The van der Waals surface area contributed by atoms with E-state index >= 15 is 0 Å². The Bertz CT molecular complexity index is 247. The maximum Gasteiger partial charge on any atom is 0.237 e. The van der Waals surface area contributed by atoms with Gasteiger partial charge >= 0.3 is 0 Å². The lowest BCUT2D eigenvalue weighted by atomic mass is 10.1. The summed E-state index contributed by atoms with van der Waals surface area (Å²) in [5.41, 5.74) is 5.97. The minimum Gasteiger partial charge on any atom is -0.337 e. The summed E-state index contributed by atoms with van der Waals surface area (Å²) in [6.45, 7) is 12.7. The first-order valence-corrected chi connectivity index (χ1v) is 6.62. The van der Waals surface area contributed by atoms with Crippen LogP contribution in [0.15, 0.2) is 0 Å². The highest BCUT2D eigenvalue weighted by molar-refractivity contribution is 5.78. The van der Waals surface area contributed by atoms with E-state index in [4.69, 9.17) is 5.73 Å². The number of nitrogens with zero attached hydrogens (tertiary/aromatic N) is 2. The smallest absolute Gasteiger partial charge is 0.237 e. The van der Waals surface area contributed by atoms with Crippen LogP contribution < -0.4 is 5.73 Å². The summed E-state index contributed by atoms with van der Waals surface area (Å²) in [7, 11) is 0. The van der Waals surface area contributed by atoms with Gasteiger partial charge in [0, 0.05) is 31.2 Å². The van der Waals surface area contributed by atoms with Gasteiger partial charge in [0.1, 0.15) is 0 Å². The summed E-state index contributed by atoms with van der Waals surface area (Å²) in [4.78, 5) is 16.4. The second-order valence-electron chi connectivity index (χ2n) is 5.82. The molecule has 0 bridgehead atoms. The molecule has 0 spiro atoms. The molecule has 100 valence electrons. The predicted molar refractivity (Wildman–Crippen MR) is 70.7 cm³/mol. The zero-order valence-electron chi connectivity index (χ0n) is 11.8. The van der Waals surface area contributed by atoms with Crippen molar-refractivity contribution in [3.05, 3.63) is 0 Å². The fourth-order valence-corrected chi connectivity index (χ4v) is 2.67. The molecule has 0 saturated carbocycles. The van der Waals surface area contributed by atoms with Gasteiger partial charge in [0.25, 0.3) is 0 Å². The molecule has 17 heavy (non-hydrogen) atoms. The Labute approximate surface area is 105 Å². The molecule has 1 amide bonds. The highest BCUT2D eigenvalue weighted by Gasteiger charge is 2.30. The Hall–Kier alpha value is -0.610. The first-order valence-electron chi connectivity index (χ1n) is 6.62. The van der Waals surface area contributed by atoms with Gasteiger partial charge in [0.2, 0.25) is 5.91 Å². The summed E-state index contributed by atoms with van der Waals surface area (Å²) in [6, 6.07) is 0.738. The van der Waals surface area contributed by atoms with Crippen LogP contribution in [0, 0.1) is 5.92 Å². The lowest BCUT2D eigenvalue weighted by Gasteiger charge is -2.32. The summed E-state index contributed by atoms with van der Waals surface area (Å²) in [6.07, 6.45) is 0. The van der Waals surface area contributed by atoms with Crippen LogP contribution in [0.3, 0.4) is 0 Å². The molecule has 1 aliphatic rings. The maximum atomic E-state index is 12.2. The van der Waals surface area contributed by atoms with Gasteiger partial charge in [-0.25, -0.2) is 0 Å². The minimum absolute atomic E-state index is 0.217. The molecule has 4 heteroatoms. The summed E-state index contributed by atoms with van der Waals surface area (Å²) in [5, 5.41) is 0. The van der Waals surface area contributed by atoms with Gasteiger partial charge in [-0.1, -0.05) is 6.92 Å². The Morgan fingerprint density at radius 2 is 1.82 bits per heavy atom. The van der Waals surface area contributed by atoms with E-state index < -0.39 is 0 Å². The zero-order valence-corrected chi connectivity index (χ0v) is 11.8. The van der Waals surface area contributed by atoms with Crippen LogP contribution in [0.25, 0.3) is 0 Å². The molecule has 1 saturated heterocycles. The number of rotatable bonds is 4. The van der Waals surface area contributed by atoms with Gasteiger partial charge in [-0.2, -0.15) is 0 Å². The van der Waals surface area contributed by atoms with Crippen LogP contribution >= 0.6 is 0 Å². The first-order chi connectivity index (χ1) is 7.82. The molecule has 0 aliphatic carbocycles. The minimum atomic E-state index is 0.217. The van der Waals surface area contributed by atoms with E-state index in [0.717, 1.165) is 13.1 Å². The molecular formula is C13H27N3O. The van der Waals surface area contributed by atoms with Crippen molar-refractivity contribution in [1.29, 1.82) is 0 Å². The predicted octanol–water partition coefficient (Wildman–Crippen LogP) is 0.911. The average Bonchev–Trinajstić information content (AvgIpc) is 2.43. The lowest BCUT2D eigenvalue weighted by molar-refractivity contribution is -0.135. The first kappa shape index (κ1) is 14.5. The van der Waals surface area contributed by atoms with E-state index in [1.54, 1.807) is 0 Å². The normalized spacial score (nSPS) is 25.9. The fourth-order valence-electron chi connectivity index (χ4n) is 2.67. The number of likely N-dealkylation sites (tertiary alicyclic amines) is 1. The lowest BCUT2D eigenvalue weighted by Crippen LogP contribution is -2.47. The molecule has 0 aromatic rings. The molecule has 1 fully saturated rings. The number of nitrogens with two attached hydrogens (primary N) is 1. The van der Waals surface area contributed by atoms with E-state index in [0.29, 0.717) is 12.5 Å². The van der Waals surface area contributed by atoms with Crippen LogP contribution in [0.1, 0.15) is 34.6 Å². The second kappa shape index (κ2) is 5.83. The summed E-state index contributed by atoms with van der Waals surface area (Å²) >= 11 is 0. The Morgan fingerprint density at radius 3 is 2.18 bits per heavy atom. The van der Waals surface area contributed by atoms with Crippen LogP contribution in [-0.4, -0.2) is 53.5 Å². The van der Waals surface area contributed by atoms with Crippen LogP contribution in [-0.2, 0) is 4.79 Å². The monoisotopic (exact) mass is 241 g/mol. The number of carbonyl (C=O) groups is 1. The topological polar surface area (TPSA) is 49.6 Å². The highest BCUT2D eigenvalue weighted by atomic mass is 16.2. The summed E-state index contributed by atoms with van der Waals surface area (Å²) in [5.74, 6) is 0.714. The van der Waals surface area contributed by atoms with E-state index in [-0.39, 0.29) is 24.0 Å². The molecule has 0 radical (unpaired) electrons. The Balaban J connectivity index is 2.54. The standard InChI is InChI=1S/C13H27N3O/c1-9(2)16(10(3)4)13(17)8-15-6-11(5)12(14)7-15/h9-12H,6-8,14H2,1-5H3. The van der Waals surface area contributed by atoms with E-state index in [2.05, 4.69) is 39.5 Å². The summed E-state index contributed by atoms with van der Waals surface area (Å²) < 4.78 is 0. The van der Waals surface area contributed by atoms with E-state index in [1.165, 1.54) is 0 Å². The van der Waals surface area contributed by atoms with Crippen molar-refractivity contribution in [3.63, 3.8) is 0 Å². The molecule has 1 rings (SSSR count). The van der Waals surface area contributed by atoms with E-state index in [9.17, 15) is 4.79 Å². The van der Waals surface area contributed by atoms with Crippen molar-refractivity contribution in [1.82, 2.24) is 9.80 Å². The molecular weight excluding hydrogens is 214 g/mol. The number of hydrogen-bond donors (Lipinski definition) is 1. The molecule has 2 atom stereocenters. The third kappa shape index (κ3) is 3.68. The van der Waals surface area contributed by atoms with Gasteiger partial charge in [-0.3, -0.25) is 9.69 Å². The Kier molecular flexibility index (Phi) is 4.95. The highest BCUT2D eigenvalue weighted by Crippen LogP contribution is 2.15. The van der Waals surface area contributed by atoms with Crippen molar-refractivity contribution in [2.45, 2.75) is 52.7 Å². The van der Waals surface area contributed by atoms with Crippen molar-refractivity contribution in [2.24, 2.45) is 11.7 Å². The van der Waals surface area contributed by atoms with Gasteiger partial charge in [-0.15, -0.1) is 0 Å². The molecule has 2 unspecified atom stereocenters.